The molecule has 0 heterocycles. The molecule has 0 amide bonds. The third kappa shape index (κ3) is 5.73. The van der Waals surface area contributed by atoms with Crippen molar-refractivity contribution < 1.29 is 9.47 Å². The topological polar surface area (TPSA) is 30.5 Å². The Hall–Kier alpha value is -0.710. The first-order valence-corrected chi connectivity index (χ1v) is 7.47. The van der Waals surface area contributed by atoms with Crippen LogP contribution in [-0.4, -0.2) is 19.3 Å². The summed E-state index contributed by atoms with van der Waals surface area (Å²) in [6, 6.07) is 3.96. The zero-order chi connectivity index (χ0) is 15.3. The van der Waals surface area contributed by atoms with E-state index in [0.29, 0.717) is 16.5 Å². The molecule has 20 heavy (non-hydrogen) atoms. The molecule has 0 atom stereocenters. The Morgan fingerprint density at radius 3 is 2.55 bits per heavy atom. The standard InChI is InChI=1S/C15H21BrClNO2/c1-10(17)9-20-14-12(16)6-11(7-13(14)19-5)8-18-15(2,3)4/h6-7,18H,1,8-9H2,2-5H3. The maximum Gasteiger partial charge on any atom is 0.175 e. The Kier molecular flexibility index (Phi) is 6.37. The number of hydrogen-bond acceptors (Lipinski definition) is 3. The molecule has 0 unspecified atom stereocenters. The van der Waals surface area contributed by atoms with Gasteiger partial charge in [-0.1, -0.05) is 18.2 Å². The van der Waals surface area contributed by atoms with Crippen LogP contribution >= 0.6 is 27.5 Å². The Morgan fingerprint density at radius 2 is 2.05 bits per heavy atom. The molecule has 0 aliphatic heterocycles. The van der Waals surface area contributed by atoms with Gasteiger partial charge in [0, 0.05) is 17.1 Å². The molecule has 1 aromatic rings. The van der Waals surface area contributed by atoms with E-state index in [0.717, 1.165) is 16.6 Å². The molecule has 0 aliphatic rings. The summed E-state index contributed by atoms with van der Waals surface area (Å²) in [4.78, 5) is 0. The largest absolute Gasteiger partial charge is 0.493 e. The molecular formula is C15H21BrClNO2. The lowest BCUT2D eigenvalue weighted by Crippen LogP contribution is -2.35. The van der Waals surface area contributed by atoms with Gasteiger partial charge in [-0.3, -0.25) is 0 Å². The van der Waals surface area contributed by atoms with Gasteiger partial charge in [0.15, 0.2) is 11.5 Å². The normalized spacial score (nSPS) is 11.3. The number of ether oxygens (including phenoxy) is 2. The minimum absolute atomic E-state index is 0.0608. The fraction of sp³-hybridized carbons (Fsp3) is 0.467. The maximum atomic E-state index is 5.72. The van der Waals surface area contributed by atoms with Gasteiger partial charge < -0.3 is 14.8 Å². The number of nitrogens with one attached hydrogen (secondary N) is 1. The molecule has 0 aliphatic carbocycles. The Balaban J connectivity index is 2.92. The molecular weight excluding hydrogens is 342 g/mol. The molecule has 0 aromatic heterocycles. The predicted octanol–water partition coefficient (Wildman–Crippen LogP) is 4.48. The van der Waals surface area contributed by atoms with Crippen molar-refractivity contribution in [2.24, 2.45) is 0 Å². The van der Waals surface area contributed by atoms with Crippen molar-refractivity contribution in [2.45, 2.75) is 32.9 Å². The number of hydrogen-bond donors (Lipinski definition) is 1. The molecule has 0 saturated heterocycles. The monoisotopic (exact) mass is 361 g/mol. The fourth-order valence-corrected chi connectivity index (χ4v) is 2.19. The quantitative estimate of drug-likeness (QED) is 0.809. The summed E-state index contributed by atoms with van der Waals surface area (Å²) in [5, 5.41) is 3.88. The molecule has 1 N–H and O–H groups in total. The SMILES string of the molecule is C=C(Cl)COc1c(Br)cc(CNC(C)(C)C)cc1OC. The number of benzene rings is 1. The van der Waals surface area contributed by atoms with Gasteiger partial charge in [0.2, 0.25) is 0 Å². The molecule has 0 radical (unpaired) electrons. The van der Waals surface area contributed by atoms with Crippen LogP contribution in [0.25, 0.3) is 0 Å². The third-order valence-electron chi connectivity index (χ3n) is 2.49. The van der Waals surface area contributed by atoms with Gasteiger partial charge in [-0.25, -0.2) is 0 Å². The minimum Gasteiger partial charge on any atom is -0.493 e. The van der Waals surface area contributed by atoms with Crippen LogP contribution in [0.1, 0.15) is 26.3 Å². The van der Waals surface area contributed by atoms with E-state index in [4.69, 9.17) is 21.1 Å². The van der Waals surface area contributed by atoms with Crippen molar-refractivity contribution >= 4 is 27.5 Å². The van der Waals surface area contributed by atoms with Crippen LogP contribution in [0.4, 0.5) is 0 Å². The maximum absolute atomic E-state index is 5.72. The van der Waals surface area contributed by atoms with Crippen LogP contribution in [0.2, 0.25) is 0 Å². The van der Waals surface area contributed by atoms with Gasteiger partial charge in [-0.05, 0) is 54.4 Å². The lowest BCUT2D eigenvalue weighted by Gasteiger charge is -2.21. The van der Waals surface area contributed by atoms with Gasteiger partial charge in [0.05, 0.1) is 11.6 Å². The van der Waals surface area contributed by atoms with Crippen LogP contribution in [0, 0.1) is 0 Å². The summed E-state index contributed by atoms with van der Waals surface area (Å²) in [7, 11) is 1.62. The summed E-state index contributed by atoms with van der Waals surface area (Å²) in [5.74, 6) is 1.30. The van der Waals surface area contributed by atoms with E-state index in [1.165, 1.54) is 0 Å². The average molecular weight is 363 g/mol. The second kappa shape index (κ2) is 7.34. The van der Waals surface area contributed by atoms with Gasteiger partial charge in [0.25, 0.3) is 0 Å². The zero-order valence-electron chi connectivity index (χ0n) is 12.3. The van der Waals surface area contributed by atoms with E-state index in [-0.39, 0.29) is 12.1 Å². The number of methoxy groups -OCH3 is 1. The van der Waals surface area contributed by atoms with Crippen molar-refractivity contribution in [2.75, 3.05) is 13.7 Å². The fourth-order valence-electron chi connectivity index (χ4n) is 1.53. The Bertz CT molecular complexity index is 483. The van der Waals surface area contributed by atoms with Gasteiger partial charge in [0.1, 0.15) is 6.61 Å². The molecule has 112 valence electrons. The zero-order valence-corrected chi connectivity index (χ0v) is 14.7. The predicted molar refractivity (Wildman–Crippen MR) is 87.8 cm³/mol. The summed E-state index contributed by atoms with van der Waals surface area (Å²) in [5.41, 5.74) is 1.17. The molecule has 1 aromatic carbocycles. The summed E-state index contributed by atoms with van der Waals surface area (Å²) < 4.78 is 11.8. The highest BCUT2D eigenvalue weighted by Crippen LogP contribution is 2.37. The smallest absolute Gasteiger partial charge is 0.175 e. The molecule has 3 nitrogen and oxygen atoms in total. The first-order valence-electron chi connectivity index (χ1n) is 6.30. The molecule has 0 saturated carbocycles. The van der Waals surface area contributed by atoms with E-state index in [2.05, 4.69) is 48.6 Å². The van der Waals surface area contributed by atoms with Crippen LogP contribution in [0.5, 0.6) is 11.5 Å². The summed E-state index contributed by atoms with van der Waals surface area (Å²) in [6.07, 6.45) is 0. The highest BCUT2D eigenvalue weighted by atomic mass is 79.9. The lowest BCUT2D eigenvalue weighted by molar-refractivity contribution is 0.321. The summed E-state index contributed by atoms with van der Waals surface area (Å²) in [6.45, 7) is 11.0. The van der Waals surface area contributed by atoms with Crippen molar-refractivity contribution in [1.82, 2.24) is 5.32 Å². The Labute approximate surface area is 134 Å². The van der Waals surface area contributed by atoms with Crippen LogP contribution < -0.4 is 14.8 Å². The minimum atomic E-state index is 0.0608. The highest BCUT2D eigenvalue weighted by molar-refractivity contribution is 9.10. The van der Waals surface area contributed by atoms with E-state index in [1.54, 1.807) is 7.11 Å². The second-order valence-corrected chi connectivity index (χ2v) is 6.91. The number of rotatable bonds is 6. The van der Waals surface area contributed by atoms with E-state index in [9.17, 15) is 0 Å². The Morgan fingerprint density at radius 1 is 1.40 bits per heavy atom. The molecule has 0 spiro atoms. The van der Waals surface area contributed by atoms with Crippen molar-refractivity contribution in [3.8, 4) is 11.5 Å². The van der Waals surface area contributed by atoms with E-state index < -0.39 is 0 Å². The molecule has 0 fully saturated rings. The molecule has 1 rings (SSSR count). The summed E-state index contributed by atoms with van der Waals surface area (Å²) >= 11 is 9.22. The lowest BCUT2D eigenvalue weighted by atomic mass is 10.1. The molecule has 5 heteroatoms. The highest BCUT2D eigenvalue weighted by Gasteiger charge is 2.14. The first-order chi connectivity index (χ1) is 9.23. The van der Waals surface area contributed by atoms with Crippen molar-refractivity contribution in [3.63, 3.8) is 0 Å². The van der Waals surface area contributed by atoms with Gasteiger partial charge in [-0.15, -0.1) is 0 Å². The van der Waals surface area contributed by atoms with Crippen LogP contribution in [0.15, 0.2) is 28.2 Å². The average Bonchev–Trinajstić information content (AvgIpc) is 2.33. The van der Waals surface area contributed by atoms with Crippen LogP contribution in [-0.2, 0) is 6.54 Å². The van der Waals surface area contributed by atoms with Gasteiger partial charge in [-0.2, -0.15) is 0 Å². The van der Waals surface area contributed by atoms with Crippen molar-refractivity contribution in [3.05, 3.63) is 33.8 Å². The van der Waals surface area contributed by atoms with Crippen LogP contribution in [0.3, 0.4) is 0 Å². The second-order valence-electron chi connectivity index (χ2n) is 5.52. The van der Waals surface area contributed by atoms with E-state index >= 15 is 0 Å². The van der Waals surface area contributed by atoms with Crippen molar-refractivity contribution in [1.29, 1.82) is 0 Å². The first kappa shape index (κ1) is 17.3. The molecule has 0 bridgehead atoms. The van der Waals surface area contributed by atoms with E-state index in [1.807, 2.05) is 12.1 Å². The number of halogens is 2. The van der Waals surface area contributed by atoms with Gasteiger partial charge >= 0.3 is 0 Å². The third-order valence-corrected chi connectivity index (χ3v) is 3.18.